The lowest BCUT2D eigenvalue weighted by atomic mass is 9.96. The first-order valence-electron chi connectivity index (χ1n) is 4.24. The van der Waals surface area contributed by atoms with E-state index in [1.807, 2.05) is 6.20 Å². The Morgan fingerprint density at radius 1 is 1.36 bits per heavy atom. The van der Waals surface area contributed by atoms with Crippen LogP contribution in [-0.2, 0) is 4.79 Å². The van der Waals surface area contributed by atoms with E-state index in [0.29, 0.717) is 0 Å². The molecule has 1 aliphatic rings. The van der Waals surface area contributed by atoms with Gasteiger partial charge in [-0.25, -0.2) is 0 Å². The zero-order chi connectivity index (χ0) is 8.10. The normalized spacial score (nSPS) is 17.7. The minimum Gasteiger partial charge on any atom is -0.333 e. The smallest absolute Gasteiger partial charge is 0.220 e. The Bertz CT molecular complexity index is 164. The third-order valence-corrected chi connectivity index (χ3v) is 1.98. The highest BCUT2D eigenvalue weighted by atomic mass is 16.1. The molecular formula is C9H15NO. The lowest BCUT2D eigenvalue weighted by Crippen LogP contribution is -2.13. The van der Waals surface area contributed by atoms with Crippen LogP contribution >= 0.6 is 0 Å². The van der Waals surface area contributed by atoms with Gasteiger partial charge in [0.1, 0.15) is 0 Å². The number of carbonyl (C=O) groups excluding carboxylic acids is 1. The summed E-state index contributed by atoms with van der Waals surface area (Å²) in [7, 11) is 0. The van der Waals surface area contributed by atoms with E-state index in [9.17, 15) is 4.79 Å². The molecule has 0 heterocycles. The standard InChI is InChI=1S/C9H15NO/c1-8(11)10-7-9-5-3-2-4-6-9/h7H,2-6H2,1H3,(H,10,11). The number of hydrogen-bond donors (Lipinski definition) is 1. The third-order valence-electron chi connectivity index (χ3n) is 1.98. The summed E-state index contributed by atoms with van der Waals surface area (Å²) in [5.41, 5.74) is 1.39. The van der Waals surface area contributed by atoms with Crippen LogP contribution in [0.2, 0.25) is 0 Å². The number of carbonyl (C=O) groups is 1. The summed E-state index contributed by atoms with van der Waals surface area (Å²) >= 11 is 0. The van der Waals surface area contributed by atoms with Gasteiger partial charge in [-0.15, -0.1) is 0 Å². The number of hydrogen-bond acceptors (Lipinski definition) is 1. The summed E-state index contributed by atoms with van der Waals surface area (Å²) in [6.07, 6.45) is 8.12. The Kier molecular flexibility index (Phi) is 3.14. The van der Waals surface area contributed by atoms with Crippen LogP contribution < -0.4 is 5.32 Å². The lowest BCUT2D eigenvalue weighted by Gasteiger charge is -2.12. The van der Waals surface area contributed by atoms with Crippen molar-refractivity contribution in [2.75, 3.05) is 0 Å². The molecule has 0 aromatic rings. The Hall–Kier alpha value is -0.790. The highest BCUT2D eigenvalue weighted by Crippen LogP contribution is 2.21. The number of amides is 1. The van der Waals surface area contributed by atoms with Crippen molar-refractivity contribution in [3.8, 4) is 0 Å². The van der Waals surface area contributed by atoms with Gasteiger partial charge in [0.25, 0.3) is 0 Å². The monoisotopic (exact) mass is 153 g/mol. The molecule has 1 amide bonds. The summed E-state index contributed by atoms with van der Waals surface area (Å²) in [4.78, 5) is 10.5. The van der Waals surface area contributed by atoms with Gasteiger partial charge in [-0.1, -0.05) is 12.0 Å². The van der Waals surface area contributed by atoms with E-state index >= 15 is 0 Å². The van der Waals surface area contributed by atoms with Crippen molar-refractivity contribution < 1.29 is 4.79 Å². The SMILES string of the molecule is CC(=O)NC=C1CCCCC1. The molecule has 0 aromatic heterocycles. The number of nitrogens with one attached hydrogen (secondary N) is 1. The van der Waals surface area contributed by atoms with E-state index in [2.05, 4.69) is 5.32 Å². The fourth-order valence-electron chi connectivity index (χ4n) is 1.35. The van der Waals surface area contributed by atoms with Gasteiger partial charge in [0.2, 0.25) is 5.91 Å². The molecule has 1 fully saturated rings. The van der Waals surface area contributed by atoms with Crippen molar-refractivity contribution in [3.63, 3.8) is 0 Å². The molecule has 0 radical (unpaired) electrons. The summed E-state index contributed by atoms with van der Waals surface area (Å²) in [6, 6.07) is 0. The van der Waals surface area contributed by atoms with Gasteiger partial charge in [-0.3, -0.25) is 4.79 Å². The van der Waals surface area contributed by atoms with Crippen molar-refractivity contribution in [2.24, 2.45) is 0 Å². The highest BCUT2D eigenvalue weighted by Gasteiger charge is 2.04. The minimum atomic E-state index is 0.0306. The molecule has 62 valence electrons. The second-order valence-electron chi connectivity index (χ2n) is 3.06. The number of allylic oxidation sites excluding steroid dienone is 1. The van der Waals surface area contributed by atoms with E-state index in [4.69, 9.17) is 0 Å². The summed E-state index contributed by atoms with van der Waals surface area (Å²) < 4.78 is 0. The van der Waals surface area contributed by atoms with Crippen molar-refractivity contribution in [3.05, 3.63) is 11.8 Å². The van der Waals surface area contributed by atoms with E-state index in [1.165, 1.54) is 37.7 Å². The molecule has 0 bridgehead atoms. The molecule has 2 heteroatoms. The van der Waals surface area contributed by atoms with Crippen LogP contribution in [-0.4, -0.2) is 5.91 Å². The van der Waals surface area contributed by atoms with Crippen molar-refractivity contribution >= 4 is 5.91 Å². The van der Waals surface area contributed by atoms with Crippen LogP contribution in [0.5, 0.6) is 0 Å². The maximum absolute atomic E-state index is 10.5. The molecule has 0 aromatic carbocycles. The van der Waals surface area contributed by atoms with Crippen molar-refractivity contribution in [1.82, 2.24) is 5.32 Å². The molecule has 1 saturated carbocycles. The van der Waals surface area contributed by atoms with Gasteiger partial charge >= 0.3 is 0 Å². The summed E-state index contributed by atoms with van der Waals surface area (Å²) in [5, 5.41) is 2.71. The second-order valence-corrected chi connectivity index (χ2v) is 3.06. The lowest BCUT2D eigenvalue weighted by molar-refractivity contribution is -0.118. The molecule has 1 rings (SSSR count). The average molecular weight is 153 g/mol. The number of rotatable bonds is 1. The summed E-state index contributed by atoms with van der Waals surface area (Å²) in [6.45, 7) is 1.54. The topological polar surface area (TPSA) is 29.1 Å². The van der Waals surface area contributed by atoms with Gasteiger partial charge in [0.15, 0.2) is 0 Å². The van der Waals surface area contributed by atoms with Crippen LogP contribution in [0.3, 0.4) is 0 Å². The first kappa shape index (κ1) is 8.31. The first-order valence-corrected chi connectivity index (χ1v) is 4.24. The molecule has 0 saturated heterocycles. The van der Waals surface area contributed by atoms with Gasteiger partial charge < -0.3 is 5.32 Å². The van der Waals surface area contributed by atoms with E-state index in [0.717, 1.165) is 0 Å². The van der Waals surface area contributed by atoms with Gasteiger partial charge in [0, 0.05) is 13.1 Å². The molecule has 0 spiro atoms. The molecule has 0 aliphatic heterocycles. The third kappa shape index (κ3) is 3.21. The maximum Gasteiger partial charge on any atom is 0.220 e. The van der Waals surface area contributed by atoms with Gasteiger partial charge in [0.05, 0.1) is 0 Å². The van der Waals surface area contributed by atoms with Crippen LogP contribution in [0.1, 0.15) is 39.0 Å². The molecule has 1 N–H and O–H groups in total. The van der Waals surface area contributed by atoms with Crippen LogP contribution in [0.4, 0.5) is 0 Å². The van der Waals surface area contributed by atoms with Crippen LogP contribution in [0.15, 0.2) is 11.8 Å². The molecular weight excluding hydrogens is 138 g/mol. The van der Waals surface area contributed by atoms with E-state index < -0.39 is 0 Å². The second kappa shape index (κ2) is 4.16. The predicted molar refractivity (Wildman–Crippen MR) is 45.0 cm³/mol. The molecule has 2 nitrogen and oxygen atoms in total. The summed E-state index contributed by atoms with van der Waals surface area (Å²) in [5.74, 6) is 0.0306. The van der Waals surface area contributed by atoms with E-state index in [1.54, 1.807) is 6.92 Å². The zero-order valence-corrected chi connectivity index (χ0v) is 7.02. The fourth-order valence-corrected chi connectivity index (χ4v) is 1.35. The maximum atomic E-state index is 10.5. The fraction of sp³-hybridized carbons (Fsp3) is 0.667. The average Bonchev–Trinajstić information content (AvgIpc) is 2.03. The quantitative estimate of drug-likeness (QED) is 0.613. The predicted octanol–water partition coefficient (Wildman–Crippen LogP) is 1.97. The molecule has 0 atom stereocenters. The largest absolute Gasteiger partial charge is 0.333 e. The molecule has 1 aliphatic carbocycles. The molecule has 0 unspecified atom stereocenters. The Morgan fingerprint density at radius 2 is 2.00 bits per heavy atom. The van der Waals surface area contributed by atoms with Crippen molar-refractivity contribution in [1.29, 1.82) is 0 Å². The van der Waals surface area contributed by atoms with Crippen LogP contribution in [0, 0.1) is 0 Å². The Morgan fingerprint density at radius 3 is 2.55 bits per heavy atom. The van der Waals surface area contributed by atoms with Crippen LogP contribution in [0.25, 0.3) is 0 Å². The Balaban J connectivity index is 2.32. The Labute approximate surface area is 67.7 Å². The molecule has 11 heavy (non-hydrogen) atoms. The van der Waals surface area contributed by atoms with Crippen molar-refractivity contribution in [2.45, 2.75) is 39.0 Å². The minimum absolute atomic E-state index is 0.0306. The van der Waals surface area contributed by atoms with E-state index in [-0.39, 0.29) is 5.91 Å². The van der Waals surface area contributed by atoms with Gasteiger partial charge in [-0.05, 0) is 25.7 Å². The first-order chi connectivity index (χ1) is 5.29. The highest BCUT2D eigenvalue weighted by molar-refractivity contribution is 5.73. The zero-order valence-electron chi connectivity index (χ0n) is 7.02. The van der Waals surface area contributed by atoms with Gasteiger partial charge in [-0.2, -0.15) is 0 Å².